The van der Waals surface area contributed by atoms with Crippen molar-refractivity contribution in [2.75, 3.05) is 39.3 Å². The van der Waals surface area contributed by atoms with Gasteiger partial charge < -0.3 is 34.6 Å². The Morgan fingerprint density at radius 3 is 2.48 bits per heavy atom. The van der Waals surface area contributed by atoms with E-state index in [2.05, 4.69) is 21.9 Å². The second kappa shape index (κ2) is 16.2. The molecule has 4 amide bonds. The van der Waals surface area contributed by atoms with Gasteiger partial charge in [0, 0.05) is 44.0 Å². The van der Waals surface area contributed by atoms with E-state index in [0.717, 1.165) is 43.1 Å². The Hall–Kier alpha value is -4.60. The van der Waals surface area contributed by atoms with E-state index in [-0.39, 0.29) is 37.3 Å². The average Bonchev–Trinajstić information content (AvgIpc) is 4.12. The second-order valence-electron chi connectivity index (χ2n) is 17.8. The van der Waals surface area contributed by atoms with Gasteiger partial charge in [-0.15, -0.1) is 6.58 Å². The number of rotatable bonds is 9. The first-order valence-electron chi connectivity index (χ1n) is 20.6. The van der Waals surface area contributed by atoms with Crippen LogP contribution in [0.1, 0.15) is 90.0 Å². The normalized spacial score (nSPS) is 28.0. The zero-order chi connectivity index (χ0) is 41.6. The summed E-state index contributed by atoms with van der Waals surface area (Å²) in [4.78, 5) is 64.9. The number of methoxy groups -OCH3 is 1. The molecule has 2 aliphatic heterocycles. The molecule has 15 nitrogen and oxygen atoms in total. The van der Waals surface area contributed by atoms with Crippen LogP contribution in [0.25, 0.3) is 10.9 Å². The highest BCUT2D eigenvalue weighted by Gasteiger charge is 2.62. The van der Waals surface area contributed by atoms with Crippen molar-refractivity contribution < 1.29 is 41.8 Å². The van der Waals surface area contributed by atoms with Gasteiger partial charge in [-0.05, 0) is 74.3 Å². The van der Waals surface area contributed by atoms with Crippen molar-refractivity contribution in [1.29, 1.82) is 0 Å². The third kappa shape index (κ3) is 8.71. The van der Waals surface area contributed by atoms with E-state index in [0.29, 0.717) is 54.9 Å². The van der Waals surface area contributed by atoms with Crippen molar-refractivity contribution in [3.8, 4) is 11.5 Å². The topological polar surface area (TPSA) is 186 Å². The van der Waals surface area contributed by atoms with Gasteiger partial charge in [0.25, 0.3) is 5.91 Å². The number of fused-ring (bicyclic) bond motifs is 3. The number of pyridine rings is 1. The van der Waals surface area contributed by atoms with Crippen molar-refractivity contribution in [3.05, 3.63) is 36.4 Å². The third-order valence-corrected chi connectivity index (χ3v) is 14.4. The molecule has 3 saturated carbocycles. The number of alkyl carbamates (subject to hydrolysis) is 1. The van der Waals surface area contributed by atoms with Crippen LogP contribution in [0.2, 0.25) is 0 Å². The van der Waals surface area contributed by atoms with Crippen LogP contribution in [0.4, 0.5) is 10.6 Å². The van der Waals surface area contributed by atoms with Gasteiger partial charge >= 0.3 is 6.09 Å². The molecule has 5 atom stereocenters. The lowest BCUT2D eigenvalue weighted by Gasteiger charge is -2.35. The lowest BCUT2D eigenvalue weighted by atomic mass is 9.83. The molecule has 16 heteroatoms. The highest BCUT2D eigenvalue weighted by molar-refractivity contribution is 7.91. The molecule has 4 fully saturated rings. The number of sulfonamides is 1. The summed E-state index contributed by atoms with van der Waals surface area (Å²) in [6, 6.07) is 3.69. The van der Waals surface area contributed by atoms with Crippen LogP contribution in [0, 0.1) is 17.3 Å². The Kier molecular flexibility index (Phi) is 11.6. The smallest absolute Gasteiger partial charge is 0.407 e. The van der Waals surface area contributed by atoms with E-state index in [1.807, 2.05) is 51.0 Å². The summed E-state index contributed by atoms with van der Waals surface area (Å²) in [5.74, 6) is -0.735. The van der Waals surface area contributed by atoms with E-state index < -0.39 is 68.7 Å². The lowest BCUT2D eigenvalue weighted by molar-refractivity contribution is -0.142. The molecular formula is C42H58N6O9S. The zero-order valence-corrected chi connectivity index (χ0v) is 35.1. The molecule has 3 aliphatic carbocycles. The fourth-order valence-electron chi connectivity index (χ4n) is 8.83. The third-order valence-electron chi connectivity index (χ3n) is 12.6. The van der Waals surface area contributed by atoms with E-state index in [1.54, 1.807) is 7.11 Å². The molecule has 0 spiro atoms. The van der Waals surface area contributed by atoms with Crippen molar-refractivity contribution in [1.82, 2.24) is 25.2 Å². The number of nitrogens with one attached hydrogen (secondary N) is 3. The molecule has 0 radical (unpaired) electrons. The molecule has 58 heavy (non-hydrogen) atoms. The molecule has 7 rings (SSSR count). The van der Waals surface area contributed by atoms with Crippen LogP contribution in [0.3, 0.4) is 0 Å². The monoisotopic (exact) mass is 822 g/mol. The van der Waals surface area contributed by atoms with Gasteiger partial charge in [0.05, 0.1) is 31.0 Å². The standard InChI is InChI=1S/C42H58N6O9S/c1-7-27-22-42(27,39(51)46-58(53,54)29-15-16-29)45-37(49)32-19-28-23-48(32)38(50)36(25-12-9-8-10-13-25)44-40(52)56-24-41(2,3)17-11-14-26-18-30-31(20-33(26)55-6)43-35(47(4)5)21-34(30)57-28/h7,18,20-21,25,27-29,32,36H,1,8-17,19,22-24H2,2-6H3,(H,44,52)(H,45,49)(H,46,51)/t27-,28-,32+,36+,42?/m1/s1. The number of aryl methyl sites for hydroxylation is 1. The van der Waals surface area contributed by atoms with E-state index in [9.17, 15) is 27.6 Å². The van der Waals surface area contributed by atoms with Gasteiger partial charge in [0.15, 0.2) is 0 Å². The number of anilines is 1. The number of cyclic esters (lactones) is 1. The van der Waals surface area contributed by atoms with Crippen molar-refractivity contribution in [2.24, 2.45) is 17.3 Å². The first-order valence-corrected chi connectivity index (χ1v) is 22.2. The molecule has 1 saturated heterocycles. The summed E-state index contributed by atoms with van der Waals surface area (Å²) < 4.78 is 46.3. The fourth-order valence-corrected chi connectivity index (χ4v) is 10.2. The minimum atomic E-state index is -3.90. The van der Waals surface area contributed by atoms with Crippen LogP contribution >= 0.6 is 0 Å². The maximum Gasteiger partial charge on any atom is 0.407 e. The fraction of sp³-hybridized carbons (Fsp3) is 0.643. The molecule has 1 unspecified atom stereocenters. The summed E-state index contributed by atoms with van der Waals surface area (Å²) in [6.07, 6.45) is 7.77. The van der Waals surface area contributed by atoms with Crippen molar-refractivity contribution in [3.63, 3.8) is 0 Å². The van der Waals surface area contributed by atoms with Crippen LogP contribution in [0.15, 0.2) is 30.9 Å². The quantitative estimate of drug-likeness (QED) is 0.305. The van der Waals surface area contributed by atoms with Gasteiger partial charge in [0.1, 0.15) is 41.0 Å². The number of aromatic nitrogens is 1. The number of amides is 4. The summed E-state index contributed by atoms with van der Waals surface area (Å²) in [7, 11) is 1.48. The zero-order valence-electron chi connectivity index (χ0n) is 34.3. The lowest BCUT2D eigenvalue weighted by Crippen LogP contribution is -2.59. The molecule has 5 aliphatic rings. The summed E-state index contributed by atoms with van der Waals surface area (Å²) in [6.45, 7) is 8.04. The molecule has 1 aromatic heterocycles. The predicted molar refractivity (Wildman–Crippen MR) is 218 cm³/mol. The van der Waals surface area contributed by atoms with Gasteiger partial charge in [0.2, 0.25) is 21.8 Å². The summed E-state index contributed by atoms with van der Waals surface area (Å²) in [5.41, 5.74) is -0.302. The number of benzene rings is 1. The van der Waals surface area contributed by atoms with Crippen LogP contribution < -0.4 is 29.7 Å². The molecule has 4 bridgehead atoms. The Balaban J connectivity index is 1.27. The number of hydrogen-bond donors (Lipinski definition) is 3. The van der Waals surface area contributed by atoms with Gasteiger partial charge in [-0.3, -0.25) is 19.1 Å². The van der Waals surface area contributed by atoms with E-state index in [1.165, 1.54) is 11.0 Å². The minimum absolute atomic E-state index is 0.00810. The maximum atomic E-state index is 15.0. The second-order valence-corrected chi connectivity index (χ2v) is 19.8. The number of carbonyl (C=O) groups excluding carboxylic acids is 4. The van der Waals surface area contributed by atoms with Gasteiger partial charge in [-0.2, -0.15) is 0 Å². The van der Waals surface area contributed by atoms with Crippen LogP contribution in [-0.2, 0) is 35.6 Å². The van der Waals surface area contributed by atoms with Crippen molar-refractivity contribution in [2.45, 2.75) is 120 Å². The molecule has 2 aromatic rings. The largest absolute Gasteiger partial charge is 0.496 e. The molecule has 3 N–H and O–H groups in total. The summed E-state index contributed by atoms with van der Waals surface area (Å²) in [5, 5.41) is 5.90. The Morgan fingerprint density at radius 2 is 1.83 bits per heavy atom. The Bertz CT molecular complexity index is 2060. The highest BCUT2D eigenvalue weighted by Crippen LogP contribution is 2.46. The SMILES string of the molecule is C=C[C@@H]1CC1(NC(=O)[C@@H]1C[C@@H]2CN1C(=O)[C@H](C1CCCCC1)NC(=O)OCC(C)(C)CCCc1cc3c(cc(N(C)C)nc3cc1OC)O2)C(=O)NS(=O)(=O)C1CC1. The molecule has 3 heterocycles. The van der Waals surface area contributed by atoms with E-state index in [4.69, 9.17) is 19.2 Å². The summed E-state index contributed by atoms with van der Waals surface area (Å²) >= 11 is 0. The Labute approximate surface area is 341 Å². The molecule has 316 valence electrons. The first kappa shape index (κ1) is 41.6. The van der Waals surface area contributed by atoms with E-state index >= 15 is 0 Å². The van der Waals surface area contributed by atoms with Gasteiger partial charge in [-0.25, -0.2) is 18.2 Å². The molecule has 1 aromatic carbocycles. The first-order chi connectivity index (χ1) is 27.5. The minimum Gasteiger partial charge on any atom is -0.496 e. The highest BCUT2D eigenvalue weighted by atomic mass is 32.2. The predicted octanol–water partition coefficient (Wildman–Crippen LogP) is 4.36. The average molecular weight is 823 g/mol. The maximum absolute atomic E-state index is 15.0. The van der Waals surface area contributed by atoms with Crippen molar-refractivity contribution >= 4 is 50.6 Å². The van der Waals surface area contributed by atoms with Crippen LogP contribution in [-0.4, -0.2) is 105 Å². The Morgan fingerprint density at radius 1 is 1.09 bits per heavy atom. The van der Waals surface area contributed by atoms with Crippen LogP contribution in [0.5, 0.6) is 11.5 Å². The number of hydrogen-bond acceptors (Lipinski definition) is 11. The number of ether oxygens (including phenoxy) is 3. The van der Waals surface area contributed by atoms with Gasteiger partial charge in [-0.1, -0.05) is 39.2 Å². The molecular weight excluding hydrogens is 765 g/mol. The number of nitrogens with zero attached hydrogens (tertiary/aromatic N) is 3. The number of carbonyl (C=O) groups is 4.